The third-order valence-electron chi connectivity index (χ3n) is 6.06. The van der Waals surface area contributed by atoms with Gasteiger partial charge in [0.15, 0.2) is 0 Å². The molecule has 2 aromatic carbocycles. The van der Waals surface area contributed by atoms with Crippen LogP contribution in [0.1, 0.15) is 46.4 Å². The predicted octanol–water partition coefficient (Wildman–Crippen LogP) is 5.47. The monoisotopic (exact) mass is 430 g/mol. The minimum atomic E-state index is -0.0546. The van der Waals surface area contributed by atoms with Crippen molar-refractivity contribution in [1.82, 2.24) is 14.8 Å². The molecule has 0 saturated carbocycles. The van der Waals surface area contributed by atoms with Crippen LogP contribution in [0.2, 0.25) is 0 Å². The zero-order valence-corrected chi connectivity index (χ0v) is 19.0. The van der Waals surface area contributed by atoms with Crippen molar-refractivity contribution in [3.8, 4) is 5.13 Å². The fraction of sp³-hybridized carbons (Fsp3) is 0.320. The number of fused-ring (bicyclic) bond motifs is 2. The van der Waals surface area contributed by atoms with Crippen LogP contribution in [0.5, 0.6) is 0 Å². The van der Waals surface area contributed by atoms with Gasteiger partial charge >= 0.3 is 0 Å². The van der Waals surface area contributed by atoms with E-state index in [1.54, 1.807) is 16.0 Å². The molecule has 1 N–H and O–H groups in total. The van der Waals surface area contributed by atoms with Crippen molar-refractivity contribution in [2.45, 2.75) is 52.9 Å². The van der Waals surface area contributed by atoms with E-state index in [4.69, 9.17) is 4.98 Å². The second-order valence-electron chi connectivity index (χ2n) is 8.52. The molecule has 0 bridgehead atoms. The number of rotatable bonds is 4. The molecular formula is C25H26N4OS. The van der Waals surface area contributed by atoms with Crippen molar-refractivity contribution in [2.24, 2.45) is 0 Å². The summed E-state index contributed by atoms with van der Waals surface area (Å²) in [4.78, 5) is 17.6. The Morgan fingerprint density at radius 2 is 1.81 bits per heavy atom. The molecule has 0 spiro atoms. The maximum atomic E-state index is 12.7. The summed E-state index contributed by atoms with van der Waals surface area (Å²) in [6.07, 6.45) is 5.14. The minimum Gasteiger partial charge on any atom is -0.310 e. The number of amides is 1. The average Bonchev–Trinajstić information content (AvgIpc) is 3.31. The molecule has 0 saturated heterocycles. The second kappa shape index (κ2) is 7.93. The number of carbonyl (C=O) groups is 1. The summed E-state index contributed by atoms with van der Waals surface area (Å²) >= 11 is 1.62. The Morgan fingerprint density at radius 1 is 1.03 bits per heavy atom. The Labute approximate surface area is 186 Å². The summed E-state index contributed by atoms with van der Waals surface area (Å²) in [5.74, 6) is 0.608. The normalized spacial score (nSPS) is 13.4. The quantitative estimate of drug-likeness (QED) is 0.467. The van der Waals surface area contributed by atoms with E-state index < -0.39 is 0 Å². The van der Waals surface area contributed by atoms with E-state index in [0.29, 0.717) is 12.2 Å². The van der Waals surface area contributed by atoms with Crippen molar-refractivity contribution in [2.75, 3.05) is 5.32 Å². The van der Waals surface area contributed by atoms with Gasteiger partial charge < -0.3 is 5.32 Å². The molecule has 0 unspecified atom stereocenters. The number of anilines is 1. The van der Waals surface area contributed by atoms with Crippen LogP contribution in [0, 0.1) is 20.8 Å². The highest BCUT2D eigenvalue weighted by Gasteiger charge is 2.17. The summed E-state index contributed by atoms with van der Waals surface area (Å²) < 4.78 is 2.94. The Kier molecular flexibility index (Phi) is 5.10. The van der Waals surface area contributed by atoms with Gasteiger partial charge in [-0.05, 0) is 86.4 Å². The van der Waals surface area contributed by atoms with Gasteiger partial charge in [-0.3, -0.25) is 4.79 Å². The SMILES string of the molecule is Cc1cc(NC(=O)Cc2ccc(C)c(C)c2)n(-c2nc3cc4c(cc3s2)CCCC4)n1. The zero-order valence-electron chi connectivity index (χ0n) is 18.2. The first-order valence-corrected chi connectivity index (χ1v) is 11.6. The standard InChI is InChI=1S/C25H26N4OS/c1-15-8-9-18(10-16(15)2)12-24(30)27-23-11-17(3)28-29(23)25-26-21-13-19-6-4-5-7-20(19)14-22(21)31-25/h8-11,13-14H,4-7,12H2,1-3H3,(H,27,30). The zero-order chi connectivity index (χ0) is 21.5. The van der Waals surface area contributed by atoms with Crippen molar-refractivity contribution < 1.29 is 4.79 Å². The van der Waals surface area contributed by atoms with E-state index in [9.17, 15) is 4.79 Å². The number of benzene rings is 2. The van der Waals surface area contributed by atoms with Crippen molar-refractivity contribution in [3.63, 3.8) is 0 Å². The Morgan fingerprint density at radius 3 is 2.58 bits per heavy atom. The molecule has 2 aromatic heterocycles. The maximum Gasteiger partial charge on any atom is 0.229 e. The molecule has 5 rings (SSSR count). The molecule has 0 radical (unpaired) electrons. The lowest BCUT2D eigenvalue weighted by Crippen LogP contribution is -2.17. The Hall–Kier alpha value is -2.99. The van der Waals surface area contributed by atoms with Gasteiger partial charge in [-0.2, -0.15) is 9.78 Å². The molecule has 2 heterocycles. The first kappa shape index (κ1) is 19.9. The number of hydrogen-bond donors (Lipinski definition) is 1. The highest BCUT2D eigenvalue weighted by atomic mass is 32.1. The van der Waals surface area contributed by atoms with Gasteiger partial charge in [-0.15, -0.1) is 0 Å². The first-order chi connectivity index (χ1) is 15.0. The van der Waals surface area contributed by atoms with Crippen molar-refractivity contribution >= 4 is 33.3 Å². The van der Waals surface area contributed by atoms with Crippen LogP contribution in [-0.2, 0) is 24.1 Å². The Balaban J connectivity index is 1.42. The van der Waals surface area contributed by atoms with Crippen LogP contribution in [-0.4, -0.2) is 20.7 Å². The second-order valence-corrected chi connectivity index (χ2v) is 9.53. The van der Waals surface area contributed by atoms with Gasteiger partial charge in [0, 0.05) is 6.07 Å². The van der Waals surface area contributed by atoms with E-state index in [1.807, 2.05) is 19.1 Å². The van der Waals surface area contributed by atoms with Crippen LogP contribution in [0.4, 0.5) is 5.82 Å². The van der Waals surface area contributed by atoms with Gasteiger partial charge in [0.05, 0.1) is 22.3 Å². The molecule has 31 heavy (non-hydrogen) atoms. The summed E-state index contributed by atoms with van der Waals surface area (Å²) in [5, 5.41) is 8.43. The molecule has 0 atom stereocenters. The van der Waals surface area contributed by atoms with Crippen LogP contribution in [0.15, 0.2) is 36.4 Å². The lowest BCUT2D eigenvalue weighted by atomic mass is 9.92. The molecule has 4 aromatic rings. The van der Waals surface area contributed by atoms with Crippen LogP contribution >= 0.6 is 11.3 Å². The number of carbonyl (C=O) groups excluding carboxylic acids is 1. The number of thiazole rings is 1. The first-order valence-electron chi connectivity index (χ1n) is 10.8. The van der Waals surface area contributed by atoms with Crippen LogP contribution in [0.25, 0.3) is 15.3 Å². The van der Waals surface area contributed by atoms with E-state index in [1.165, 1.54) is 39.8 Å². The fourth-order valence-electron chi connectivity index (χ4n) is 4.25. The van der Waals surface area contributed by atoms with Crippen molar-refractivity contribution in [1.29, 1.82) is 0 Å². The van der Waals surface area contributed by atoms with Gasteiger partial charge in [-0.25, -0.2) is 4.98 Å². The molecule has 1 aliphatic carbocycles. The number of nitrogens with one attached hydrogen (secondary N) is 1. The summed E-state index contributed by atoms with van der Waals surface area (Å²) in [7, 11) is 0. The van der Waals surface area contributed by atoms with Crippen molar-refractivity contribution in [3.05, 3.63) is 69.9 Å². The highest BCUT2D eigenvalue weighted by molar-refractivity contribution is 7.20. The van der Waals surface area contributed by atoms with Gasteiger partial charge in [-0.1, -0.05) is 29.5 Å². The molecule has 0 aliphatic heterocycles. The number of aryl methyl sites for hydroxylation is 5. The molecule has 5 nitrogen and oxygen atoms in total. The Bertz CT molecular complexity index is 1260. The molecular weight excluding hydrogens is 404 g/mol. The molecule has 0 fully saturated rings. The highest BCUT2D eigenvalue weighted by Crippen LogP contribution is 2.32. The maximum absolute atomic E-state index is 12.7. The lowest BCUT2D eigenvalue weighted by Gasteiger charge is -2.14. The minimum absolute atomic E-state index is 0.0546. The third kappa shape index (κ3) is 4.00. The third-order valence-corrected chi connectivity index (χ3v) is 7.05. The van der Waals surface area contributed by atoms with Crippen LogP contribution < -0.4 is 5.32 Å². The smallest absolute Gasteiger partial charge is 0.229 e. The summed E-state index contributed by atoms with van der Waals surface area (Å²) in [6, 6.07) is 12.6. The number of aromatic nitrogens is 3. The van der Waals surface area contributed by atoms with Gasteiger partial charge in [0.1, 0.15) is 5.82 Å². The van der Waals surface area contributed by atoms with Crippen LogP contribution in [0.3, 0.4) is 0 Å². The topological polar surface area (TPSA) is 59.8 Å². The molecule has 158 valence electrons. The number of hydrogen-bond acceptors (Lipinski definition) is 4. The van der Waals surface area contributed by atoms with Gasteiger partial charge in [0.25, 0.3) is 0 Å². The summed E-state index contributed by atoms with van der Waals surface area (Å²) in [6.45, 7) is 6.08. The number of nitrogens with zero attached hydrogens (tertiary/aromatic N) is 3. The average molecular weight is 431 g/mol. The van der Waals surface area contributed by atoms with E-state index in [0.717, 1.165) is 34.7 Å². The fourth-order valence-corrected chi connectivity index (χ4v) is 5.23. The largest absolute Gasteiger partial charge is 0.310 e. The van der Waals surface area contributed by atoms with Gasteiger partial charge in [0.2, 0.25) is 11.0 Å². The van der Waals surface area contributed by atoms with E-state index in [2.05, 4.69) is 48.5 Å². The molecule has 1 aliphatic rings. The molecule has 1 amide bonds. The lowest BCUT2D eigenvalue weighted by molar-refractivity contribution is -0.115. The predicted molar refractivity (Wildman–Crippen MR) is 126 cm³/mol. The van der Waals surface area contributed by atoms with E-state index >= 15 is 0 Å². The molecule has 6 heteroatoms. The van der Waals surface area contributed by atoms with E-state index in [-0.39, 0.29) is 5.91 Å². The summed E-state index contributed by atoms with van der Waals surface area (Å²) in [5.41, 5.74) is 8.18.